The highest BCUT2D eigenvalue weighted by molar-refractivity contribution is 6.37. The van der Waals surface area contributed by atoms with Crippen LogP contribution < -0.4 is 5.73 Å². The van der Waals surface area contributed by atoms with Gasteiger partial charge in [-0.05, 0) is 12.1 Å². The van der Waals surface area contributed by atoms with E-state index in [0.717, 1.165) is 16.8 Å². The van der Waals surface area contributed by atoms with Crippen LogP contribution in [0.25, 0.3) is 5.69 Å². The number of aromatic nitrogens is 2. The molecule has 0 saturated carbocycles. The van der Waals surface area contributed by atoms with Crippen LogP contribution in [0.3, 0.4) is 0 Å². The van der Waals surface area contributed by atoms with Crippen molar-refractivity contribution in [2.24, 2.45) is 0 Å². The Kier molecular flexibility index (Phi) is 3.54. The summed E-state index contributed by atoms with van der Waals surface area (Å²) in [6.45, 7) is 0. The highest BCUT2D eigenvalue weighted by atomic mass is 35.5. The Morgan fingerprint density at radius 3 is 2.20 bits per heavy atom. The third kappa shape index (κ3) is 2.40. The molecular weight excluding hydrogens is 316 g/mol. The maximum absolute atomic E-state index is 12.6. The number of halogens is 5. The zero-order chi connectivity index (χ0) is 15.1. The largest absolute Gasteiger partial charge is 0.416 e. The van der Waals surface area contributed by atoms with Crippen molar-refractivity contribution in [3.8, 4) is 11.8 Å². The van der Waals surface area contributed by atoms with Crippen LogP contribution in [-0.2, 0) is 6.18 Å². The molecule has 0 unspecified atom stereocenters. The van der Waals surface area contributed by atoms with Crippen molar-refractivity contribution in [1.82, 2.24) is 9.78 Å². The van der Waals surface area contributed by atoms with Crippen LogP contribution in [0.1, 0.15) is 11.1 Å². The number of anilines is 1. The molecule has 20 heavy (non-hydrogen) atoms. The van der Waals surface area contributed by atoms with Crippen LogP contribution in [0.2, 0.25) is 10.0 Å². The number of hydrogen-bond donors (Lipinski definition) is 1. The summed E-state index contributed by atoms with van der Waals surface area (Å²) in [4.78, 5) is 0. The van der Waals surface area contributed by atoms with Gasteiger partial charge in [0, 0.05) is 0 Å². The third-order valence-electron chi connectivity index (χ3n) is 2.48. The van der Waals surface area contributed by atoms with Crippen molar-refractivity contribution in [1.29, 1.82) is 5.26 Å². The third-order valence-corrected chi connectivity index (χ3v) is 3.06. The number of hydrogen-bond acceptors (Lipinski definition) is 3. The highest BCUT2D eigenvalue weighted by Crippen LogP contribution is 2.38. The summed E-state index contributed by atoms with van der Waals surface area (Å²) >= 11 is 11.6. The summed E-state index contributed by atoms with van der Waals surface area (Å²) in [5, 5.41) is 12.0. The first-order valence-corrected chi connectivity index (χ1v) is 5.81. The summed E-state index contributed by atoms with van der Waals surface area (Å²) in [5.41, 5.74) is 4.72. The number of rotatable bonds is 1. The lowest BCUT2D eigenvalue weighted by Gasteiger charge is -2.13. The van der Waals surface area contributed by atoms with Crippen molar-refractivity contribution in [2.75, 3.05) is 5.73 Å². The van der Waals surface area contributed by atoms with Gasteiger partial charge in [-0.2, -0.15) is 23.5 Å². The minimum atomic E-state index is -4.57. The summed E-state index contributed by atoms with van der Waals surface area (Å²) in [6, 6.07) is 3.22. The van der Waals surface area contributed by atoms with Gasteiger partial charge in [0.05, 0.1) is 21.8 Å². The normalized spacial score (nSPS) is 11.4. The summed E-state index contributed by atoms with van der Waals surface area (Å²) < 4.78 is 38.9. The molecular formula is C11H5Cl2F3N4. The molecule has 2 aromatic rings. The van der Waals surface area contributed by atoms with Gasteiger partial charge in [-0.15, -0.1) is 0 Å². The molecule has 1 aromatic heterocycles. The minimum absolute atomic E-state index is 0.0136. The second-order valence-electron chi connectivity index (χ2n) is 3.75. The van der Waals surface area contributed by atoms with Crippen molar-refractivity contribution >= 4 is 29.0 Å². The summed E-state index contributed by atoms with van der Waals surface area (Å²) in [7, 11) is 0. The molecule has 0 saturated heterocycles. The molecule has 0 fully saturated rings. The molecule has 0 atom stereocenters. The molecule has 0 bridgehead atoms. The van der Waals surface area contributed by atoms with Crippen molar-refractivity contribution in [3.05, 3.63) is 39.5 Å². The first kappa shape index (κ1) is 14.5. The Hall–Kier alpha value is -1.91. The van der Waals surface area contributed by atoms with E-state index >= 15 is 0 Å². The van der Waals surface area contributed by atoms with E-state index in [0.29, 0.717) is 0 Å². The predicted octanol–water partition coefficient (Wildman–Crippen LogP) is 3.65. The molecule has 2 N–H and O–H groups in total. The van der Waals surface area contributed by atoms with Crippen LogP contribution in [0.5, 0.6) is 0 Å². The average molecular weight is 321 g/mol. The van der Waals surface area contributed by atoms with Crippen LogP contribution in [0.4, 0.5) is 19.0 Å². The second-order valence-corrected chi connectivity index (χ2v) is 4.57. The maximum Gasteiger partial charge on any atom is 0.416 e. The Labute approximate surface area is 121 Å². The zero-order valence-corrected chi connectivity index (χ0v) is 11.1. The van der Waals surface area contributed by atoms with Crippen LogP contribution in [0.15, 0.2) is 18.3 Å². The second kappa shape index (κ2) is 4.89. The number of nitrogens with two attached hydrogens (primary N) is 1. The van der Waals surface area contributed by atoms with Crippen LogP contribution >= 0.6 is 23.2 Å². The Morgan fingerprint density at radius 1 is 1.25 bits per heavy atom. The minimum Gasteiger partial charge on any atom is -0.382 e. The molecule has 0 radical (unpaired) electrons. The van der Waals surface area contributed by atoms with Gasteiger partial charge in [0.1, 0.15) is 23.1 Å². The number of nitriles is 1. The monoisotopic (exact) mass is 320 g/mol. The van der Waals surface area contributed by atoms with Crippen LogP contribution in [-0.4, -0.2) is 9.78 Å². The molecule has 0 aliphatic rings. The topological polar surface area (TPSA) is 67.6 Å². The Morgan fingerprint density at radius 2 is 1.80 bits per heavy atom. The smallest absolute Gasteiger partial charge is 0.382 e. The van der Waals surface area contributed by atoms with Gasteiger partial charge in [0.15, 0.2) is 0 Å². The quantitative estimate of drug-likeness (QED) is 0.872. The van der Waals surface area contributed by atoms with E-state index in [4.69, 9.17) is 34.2 Å². The Balaban J connectivity index is 2.65. The van der Waals surface area contributed by atoms with E-state index in [9.17, 15) is 13.2 Å². The zero-order valence-electron chi connectivity index (χ0n) is 9.54. The molecule has 9 heteroatoms. The Bertz CT molecular complexity index is 692. The van der Waals surface area contributed by atoms with Gasteiger partial charge in [0.25, 0.3) is 0 Å². The van der Waals surface area contributed by atoms with E-state index < -0.39 is 11.7 Å². The first-order chi connectivity index (χ1) is 9.25. The standard InChI is InChI=1S/C11H5Cl2F3N4/c12-7-1-6(11(14,15)16)2-8(13)9(7)20-10(18)5(3-17)4-19-20/h1-2,4H,18H2. The SMILES string of the molecule is N#Cc1cnn(-c2c(Cl)cc(C(F)(F)F)cc2Cl)c1N. The lowest BCUT2D eigenvalue weighted by molar-refractivity contribution is -0.137. The van der Waals surface area contributed by atoms with E-state index in [-0.39, 0.29) is 27.1 Å². The van der Waals surface area contributed by atoms with E-state index in [1.54, 1.807) is 6.07 Å². The van der Waals surface area contributed by atoms with Gasteiger partial charge < -0.3 is 5.73 Å². The predicted molar refractivity (Wildman–Crippen MR) is 67.7 cm³/mol. The number of alkyl halides is 3. The van der Waals surface area contributed by atoms with E-state index in [2.05, 4.69) is 5.10 Å². The molecule has 0 spiro atoms. The molecule has 4 nitrogen and oxygen atoms in total. The summed E-state index contributed by atoms with van der Waals surface area (Å²) in [5.74, 6) is -0.0592. The lowest BCUT2D eigenvalue weighted by Crippen LogP contribution is -2.08. The van der Waals surface area contributed by atoms with Gasteiger partial charge in [-0.1, -0.05) is 23.2 Å². The number of benzene rings is 1. The fraction of sp³-hybridized carbons (Fsp3) is 0.0909. The molecule has 2 rings (SSSR count). The van der Waals surface area contributed by atoms with E-state index in [1.165, 1.54) is 6.20 Å². The van der Waals surface area contributed by atoms with Gasteiger partial charge in [-0.25, -0.2) is 4.68 Å². The fourth-order valence-electron chi connectivity index (χ4n) is 1.55. The van der Waals surface area contributed by atoms with Gasteiger partial charge in [0.2, 0.25) is 0 Å². The molecule has 0 amide bonds. The fourth-order valence-corrected chi connectivity index (χ4v) is 2.20. The number of nitrogen functional groups attached to an aromatic ring is 1. The maximum atomic E-state index is 12.6. The van der Waals surface area contributed by atoms with Crippen molar-refractivity contribution in [2.45, 2.75) is 6.18 Å². The molecule has 1 aromatic carbocycles. The van der Waals surface area contributed by atoms with Crippen molar-refractivity contribution < 1.29 is 13.2 Å². The van der Waals surface area contributed by atoms with Crippen LogP contribution in [0, 0.1) is 11.3 Å². The highest BCUT2D eigenvalue weighted by Gasteiger charge is 2.32. The average Bonchev–Trinajstić information content (AvgIpc) is 2.69. The molecule has 1 heterocycles. The van der Waals surface area contributed by atoms with E-state index in [1.807, 2.05) is 0 Å². The molecule has 104 valence electrons. The molecule has 0 aliphatic heterocycles. The first-order valence-electron chi connectivity index (χ1n) is 5.06. The molecule has 0 aliphatic carbocycles. The summed E-state index contributed by atoms with van der Waals surface area (Å²) in [6.07, 6.45) is -3.40. The van der Waals surface area contributed by atoms with Crippen molar-refractivity contribution in [3.63, 3.8) is 0 Å². The van der Waals surface area contributed by atoms with Gasteiger partial charge in [-0.3, -0.25) is 0 Å². The van der Waals surface area contributed by atoms with Gasteiger partial charge >= 0.3 is 6.18 Å². The lowest BCUT2D eigenvalue weighted by atomic mass is 10.2. The number of nitrogens with zero attached hydrogens (tertiary/aromatic N) is 3.